The van der Waals surface area contributed by atoms with Crippen LogP contribution >= 0.6 is 0 Å². The standard InChI is InChI=1S/C28H33N5O/c1-4-5-6-7-8-9-22-10-12-23(13-11-22)28(34)24-14-16-25(17-15-24)29-30-26-18-20-27(21-19-26)31-32-33(2)3/h10-21H,4-9H2,1-3H3. The summed E-state index contributed by atoms with van der Waals surface area (Å²) in [5.74, 6) is 0.0143. The molecule has 0 saturated heterocycles. The number of aryl methyl sites for hydroxylation is 1. The molecule has 0 aliphatic heterocycles. The van der Waals surface area contributed by atoms with E-state index in [1.165, 1.54) is 37.7 Å². The summed E-state index contributed by atoms with van der Waals surface area (Å²) in [4.78, 5) is 12.8. The summed E-state index contributed by atoms with van der Waals surface area (Å²) in [7, 11) is 3.63. The lowest BCUT2D eigenvalue weighted by Crippen LogP contribution is -2.01. The molecule has 34 heavy (non-hydrogen) atoms. The molecule has 0 radical (unpaired) electrons. The lowest BCUT2D eigenvalue weighted by molar-refractivity contribution is 0.103. The van der Waals surface area contributed by atoms with Crippen molar-refractivity contribution in [2.75, 3.05) is 14.1 Å². The molecular formula is C28H33N5O. The van der Waals surface area contributed by atoms with Gasteiger partial charge in [-0.3, -0.25) is 9.80 Å². The van der Waals surface area contributed by atoms with Crippen LogP contribution in [0.2, 0.25) is 0 Å². The van der Waals surface area contributed by atoms with Gasteiger partial charge in [-0.15, -0.1) is 5.11 Å². The van der Waals surface area contributed by atoms with Crippen molar-refractivity contribution >= 4 is 22.8 Å². The predicted molar refractivity (Wildman–Crippen MR) is 138 cm³/mol. The summed E-state index contributed by atoms with van der Waals surface area (Å²) in [5, 5.41) is 18.2. The van der Waals surface area contributed by atoms with E-state index in [1.54, 1.807) is 29.3 Å². The Morgan fingerprint density at radius 2 is 1.12 bits per heavy atom. The van der Waals surface area contributed by atoms with Gasteiger partial charge in [0, 0.05) is 25.2 Å². The number of rotatable bonds is 12. The molecule has 0 N–H and O–H groups in total. The minimum absolute atomic E-state index is 0.0143. The van der Waals surface area contributed by atoms with E-state index in [2.05, 4.69) is 39.6 Å². The van der Waals surface area contributed by atoms with Crippen LogP contribution in [0.1, 0.15) is 60.5 Å². The maximum Gasteiger partial charge on any atom is 0.193 e. The fourth-order valence-corrected chi connectivity index (χ4v) is 3.44. The zero-order valence-corrected chi connectivity index (χ0v) is 20.3. The molecule has 6 nitrogen and oxygen atoms in total. The Labute approximate surface area is 202 Å². The molecule has 0 unspecified atom stereocenters. The maximum atomic E-state index is 12.8. The normalized spacial score (nSPS) is 11.4. The van der Waals surface area contributed by atoms with E-state index in [9.17, 15) is 4.79 Å². The van der Waals surface area contributed by atoms with Gasteiger partial charge in [0.2, 0.25) is 0 Å². The number of unbranched alkanes of at least 4 members (excludes halogenated alkanes) is 4. The Kier molecular flexibility index (Phi) is 9.65. The molecule has 0 heterocycles. The fraction of sp³-hybridized carbons (Fsp3) is 0.321. The molecule has 0 bridgehead atoms. The number of nitrogens with zero attached hydrogens (tertiary/aromatic N) is 5. The Morgan fingerprint density at radius 1 is 0.647 bits per heavy atom. The van der Waals surface area contributed by atoms with Crippen LogP contribution in [0, 0.1) is 0 Å². The van der Waals surface area contributed by atoms with Crippen LogP contribution in [0.5, 0.6) is 0 Å². The van der Waals surface area contributed by atoms with E-state index in [4.69, 9.17) is 0 Å². The average molecular weight is 456 g/mol. The van der Waals surface area contributed by atoms with Crippen LogP contribution in [0.3, 0.4) is 0 Å². The molecule has 3 rings (SSSR count). The molecule has 0 saturated carbocycles. The van der Waals surface area contributed by atoms with Gasteiger partial charge in [-0.05, 0) is 66.9 Å². The minimum atomic E-state index is 0.0143. The van der Waals surface area contributed by atoms with Crippen LogP contribution in [-0.4, -0.2) is 24.9 Å². The van der Waals surface area contributed by atoms with Crippen molar-refractivity contribution in [1.82, 2.24) is 5.01 Å². The fourth-order valence-electron chi connectivity index (χ4n) is 3.44. The average Bonchev–Trinajstić information content (AvgIpc) is 2.87. The number of benzene rings is 3. The third-order valence-corrected chi connectivity index (χ3v) is 5.38. The van der Waals surface area contributed by atoms with Gasteiger partial charge in [-0.1, -0.05) is 62.1 Å². The molecule has 0 spiro atoms. The Balaban J connectivity index is 1.55. The van der Waals surface area contributed by atoms with Crippen molar-refractivity contribution in [1.29, 1.82) is 0 Å². The summed E-state index contributed by atoms with van der Waals surface area (Å²) in [6.45, 7) is 2.23. The van der Waals surface area contributed by atoms with Gasteiger partial charge in [-0.2, -0.15) is 10.2 Å². The first kappa shape index (κ1) is 25.0. The summed E-state index contributed by atoms with van der Waals surface area (Å²) in [6, 6.07) is 22.5. The minimum Gasteiger partial charge on any atom is -0.289 e. The monoisotopic (exact) mass is 455 g/mol. The lowest BCUT2D eigenvalue weighted by Gasteiger charge is -2.05. The zero-order chi connectivity index (χ0) is 24.2. The second kappa shape index (κ2) is 13.1. The number of hydrogen-bond donors (Lipinski definition) is 0. The largest absolute Gasteiger partial charge is 0.289 e. The summed E-state index contributed by atoms with van der Waals surface area (Å²) in [6.07, 6.45) is 7.42. The second-order valence-electron chi connectivity index (χ2n) is 8.49. The van der Waals surface area contributed by atoms with Crippen molar-refractivity contribution in [2.24, 2.45) is 20.6 Å². The molecule has 0 fully saturated rings. The van der Waals surface area contributed by atoms with Gasteiger partial charge < -0.3 is 0 Å². The van der Waals surface area contributed by atoms with Crippen LogP contribution in [0.15, 0.2) is 93.4 Å². The Hall–Kier alpha value is -3.67. The summed E-state index contributed by atoms with van der Waals surface area (Å²) in [5.41, 5.74) is 4.78. The van der Waals surface area contributed by atoms with Crippen LogP contribution in [0.25, 0.3) is 0 Å². The molecule has 176 valence electrons. The van der Waals surface area contributed by atoms with Crippen LogP contribution < -0.4 is 0 Å². The lowest BCUT2D eigenvalue weighted by atomic mass is 10.00. The van der Waals surface area contributed by atoms with Crippen molar-refractivity contribution in [3.63, 3.8) is 0 Å². The van der Waals surface area contributed by atoms with E-state index in [-0.39, 0.29) is 5.78 Å². The highest BCUT2D eigenvalue weighted by molar-refractivity contribution is 6.09. The molecule has 0 aliphatic carbocycles. The quantitative estimate of drug-likeness (QED) is 0.119. The van der Waals surface area contributed by atoms with Crippen molar-refractivity contribution < 1.29 is 4.79 Å². The van der Waals surface area contributed by atoms with E-state index in [1.807, 2.05) is 50.5 Å². The van der Waals surface area contributed by atoms with Crippen molar-refractivity contribution in [3.8, 4) is 0 Å². The van der Waals surface area contributed by atoms with Gasteiger partial charge in [0.1, 0.15) is 0 Å². The first-order valence-corrected chi connectivity index (χ1v) is 11.9. The number of carbonyl (C=O) groups is 1. The number of carbonyl (C=O) groups excluding carboxylic acids is 1. The highest BCUT2D eigenvalue weighted by Crippen LogP contribution is 2.23. The van der Waals surface area contributed by atoms with Crippen molar-refractivity contribution in [2.45, 2.75) is 45.4 Å². The molecular weight excluding hydrogens is 422 g/mol. The van der Waals surface area contributed by atoms with E-state index < -0.39 is 0 Å². The predicted octanol–water partition coefficient (Wildman–Crippen LogP) is 8.41. The summed E-state index contributed by atoms with van der Waals surface area (Å²) >= 11 is 0. The smallest absolute Gasteiger partial charge is 0.193 e. The molecule has 3 aromatic rings. The first-order chi connectivity index (χ1) is 16.5. The summed E-state index contributed by atoms with van der Waals surface area (Å²) < 4.78 is 0. The molecule has 0 atom stereocenters. The van der Waals surface area contributed by atoms with E-state index >= 15 is 0 Å². The van der Waals surface area contributed by atoms with Crippen LogP contribution in [-0.2, 0) is 6.42 Å². The number of azo groups is 1. The zero-order valence-electron chi connectivity index (χ0n) is 20.3. The van der Waals surface area contributed by atoms with Gasteiger partial charge in [0.25, 0.3) is 0 Å². The van der Waals surface area contributed by atoms with E-state index in [0.29, 0.717) is 16.8 Å². The topological polar surface area (TPSA) is 69.7 Å². The number of hydrogen-bond acceptors (Lipinski definition) is 5. The van der Waals surface area contributed by atoms with Gasteiger partial charge in [0.05, 0.1) is 17.1 Å². The van der Waals surface area contributed by atoms with E-state index in [0.717, 1.165) is 17.8 Å². The molecule has 3 aromatic carbocycles. The first-order valence-electron chi connectivity index (χ1n) is 11.9. The maximum absolute atomic E-state index is 12.8. The molecule has 0 amide bonds. The van der Waals surface area contributed by atoms with Gasteiger partial charge in [0.15, 0.2) is 5.78 Å². The third-order valence-electron chi connectivity index (χ3n) is 5.38. The van der Waals surface area contributed by atoms with Gasteiger partial charge in [-0.25, -0.2) is 0 Å². The Morgan fingerprint density at radius 3 is 1.65 bits per heavy atom. The molecule has 6 heteroatoms. The van der Waals surface area contributed by atoms with Crippen LogP contribution in [0.4, 0.5) is 17.1 Å². The molecule has 0 aromatic heterocycles. The second-order valence-corrected chi connectivity index (χ2v) is 8.49. The van der Waals surface area contributed by atoms with Gasteiger partial charge >= 0.3 is 0 Å². The SMILES string of the molecule is CCCCCCCc1ccc(C(=O)c2ccc(N=Nc3ccc(N=NN(C)C)cc3)cc2)cc1. The number of ketones is 1. The van der Waals surface area contributed by atoms with Crippen molar-refractivity contribution in [3.05, 3.63) is 89.5 Å². The molecule has 0 aliphatic rings. The Bertz CT molecular complexity index is 1090. The highest BCUT2D eigenvalue weighted by Gasteiger charge is 2.09. The third kappa shape index (κ3) is 8.03. The highest BCUT2D eigenvalue weighted by atomic mass is 16.1.